The number of carbonyl (C=O) groups excluding carboxylic acids is 2. The molecular weight excluding hydrogens is 320 g/mol. The fourth-order valence-electron chi connectivity index (χ4n) is 4.22. The van der Waals surface area contributed by atoms with Crippen LogP contribution in [0.15, 0.2) is 24.5 Å². The van der Waals surface area contributed by atoms with Gasteiger partial charge in [-0.15, -0.1) is 0 Å². The van der Waals surface area contributed by atoms with Crippen LogP contribution in [0.4, 0.5) is 4.79 Å². The zero-order chi connectivity index (χ0) is 17.2. The standard InChI is InChI=1S/C18H24N4O3/c23-17-4-3-15-16(22(17)13-14-2-1-6-19-12-14)5-7-21(15)18(24)20-8-10-25-11-9-20/h1-2,6,12,15-16H,3-5,7-11,13H2/t15-,16-/m1/s1. The molecule has 0 aliphatic carbocycles. The van der Waals surface area contributed by atoms with Crippen LogP contribution >= 0.6 is 0 Å². The van der Waals surface area contributed by atoms with Gasteiger partial charge >= 0.3 is 6.03 Å². The minimum Gasteiger partial charge on any atom is -0.378 e. The van der Waals surface area contributed by atoms with Crippen molar-refractivity contribution >= 4 is 11.9 Å². The van der Waals surface area contributed by atoms with Gasteiger partial charge in [-0.25, -0.2) is 4.79 Å². The van der Waals surface area contributed by atoms with Crippen LogP contribution in [-0.2, 0) is 16.1 Å². The van der Waals surface area contributed by atoms with E-state index in [0.717, 1.165) is 24.9 Å². The van der Waals surface area contributed by atoms with Gasteiger partial charge in [0.1, 0.15) is 0 Å². The third-order valence-electron chi connectivity index (χ3n) is 5.49. The van der Waals surface area contributed by atoms with E-state index in [1.807, 2.05) is 33.0 Å². The van der Waals surface area contributed by atoms with Crippen molar-refractivity contribution in [1.29, 1.82) is 0 Å². The SMILES string of the molecule is O=C1CC[C@@H]2[C@@H](CCN2C(=O)N2CCOCC2)N1Cc1cccnc1. The highest BCUT2D eigenvalue weighted by Gasteiger charge is 2.45. The van der Waals surface area contributed by atoms with Crippen molar-refractivity contribution in [3.8, 4) is 0 Å². The highest BCUT2D eigenvalue weighted by atomic mass is 16.5. The molecule has 0 N–H and O–H groups in total. The van der Waals surface area contributed by atoms with Crippen LogP contribution in [-0.4, -0.2) is 76.6 Å². The van der Waals surface area contributed by atoms with E-state index in [4.69, 9.17) is 4.74 Å². The van der Waals surface area contributed by atoms with E-state index in [1.54, 1.807) is 6.20 Å². The molecule has 0 radical (unpaired) electrons. The minimum absolute atomic E-state index is 0.103. The summed E-state index contributed by atoms with van der Waals surface area (Å²) in [7, 11) is 0. The fraction of sp³-hybridized carbons (Fsp3) is 0.611. The van der Waals surface area contributed by atoms with E-state index in [2.05, 4.69) is 4.98 Å². The molecule has 3 aliphatic rings. The third-order valence-corrected chi connectivity index (χ3v) is 5.49. The molecule has 3 fully saturated rings. The lowest BCUT2D eigenvalue weighted by Gasteiger charge is -2.41. The Bertz CT molecular complexity index is 632. The van der Waals surface area contributed by atoms with Crippen molar-refractivity contribution in [3.05, 3.63) is 30.1 Å². The summed E-state index contributed by atoms with van der Waals surface area (Å²) in [5.74, 6) is 0.186. The first-order valence-corrected chi connectivity index (χ1v) is 9.06. The summed E-state index contributed by atoms with van der Waals surface area (Å²) in [6, 6.07) is 4.24. The molecule has 25 heavy (non-hydrogen) atoms. The maximum absolute atomic E-state index is 12.9. The van der Waals surface area contributed by atoms with Gasteiger partial charge in [-0.1, -0.05) is 6.07 Å². The molecule has 0 spiro atoms. The number of morpholine rings is 1. The second-order valence-electron chi connectivity index (χ2n) is 6.92. The molecule has 3 saturated heterocycles. The van der Waals surface area contributed by atoms with E-state index >= 15 is 0 Å². The number of rotatable bonds is 2. The molecule has 2 atom stereocenters. The average molecular weight is 344 g/mol. The summed E-state index contributed by atoms with van der Waals surface area (Å²) >= 11 is 0. The summed E-state index contributed by atoms with van der Waals surface area (Å²) in [6.45, 7) is 3.84. The topological polar surface area (TPSA) is 66.0 Å². The summed E-state index contributed by atoms with van der Waals surface area (Å²) in [4.78, 5) is 35.3. The number of piperidine rings is 1. The van der Waals surface area contributed by atoms with Crippen molar-refractivity contribution in [3.63, 3.8) is 0 Å². The number of hydrogen-bond acceptors (Lipinski definition) is 4. The van der Waals surface area contributed by atoms with Crippen molar-refractivity contribution in [2.24, 2.45) is 0 Å². The second-order valence-corrected chi connectivity index (χ2v) is 6.92. The molecule has 3 amide bonds. The molecule has 0 unspecified atom stereocenters. The Morgan fingerprint density at radius 1 is 1.20 bits per heavy atom. The number of amides is 3. The highest BCUT2D eigenvalue weighted by Crippen LogP contribution is 2.33. The first-order valence-electron chi connectivity index (χ1n) is 9.06. The molecule has 4 rings (SSSR count). The van der Waals surface area contributed by atoms with Gasteiger partial charge in [-0.2, -0.15) is 0 Å². The highest BCUT2D eigenvalue weighted by molar-refractivity contribution is 5.80. The first kappa shape index (κ1) is 16.3. The van der Waals surface area contributed by atoms with E-state index < -0.39 is 0 Å². The van der Waals surface area contributed by atoms with Crippen molar-refractivity contribution in [2.45, 2.75) is 37.9 Å². The van der Waals surface area contributed by atoms with Gasteiger partial charge in [0.2, 0.25) is 5.91 Å². The smallest absolute Gasteiger partial charge is 0.320 e. The van der Waals surface area contributed by atoms with Gasteiger partial charge in [-0.3, -0.25) is 9.78 Å². The summed E-state index contributed by atoms with van der Waals surface area (Å²) in [5, 5.41) is 0. The largest absolute Gasteiger partial charge is 0.378 e. The summed E-state index contributed by atoms with van der Waals surface area (Å²) in [6.07, 6.45) is 5.68. The van der Waals surface area contributed by atoms with Crippen LogP contribution in [0.25, 0.3) is 0 Å². The van der Waals surface area contributed by atoms with Crippen LogP contribution in [0.1, 0.15) is 24.8 Å². The number of nitrogens with zero attached hydrogens (tertiary/aromatic N) is 4. The number of likely N-dealkylation sites (tertiary alicyclic amines) is 2. The molecule has 4 heterocycles. The van der Waals surface area contributed by atoms with Gasteiger partial charge in [0.25, 0.3) is 0 Å². The molecule has 0 aromatic carbocycles. The lowest BCUT2D eigenvalue weighted by molar-refractivity contribution is -0.138. The van der Waals surface area contributed by atoms with E-state index in [-0.39, 0.29) is 24.0 Å². The van der Waals surface area contributed by atoms with E-state index in [0.29, 0.717) is 39.3 Å². The predicted molar refractivity (Wildman–Crippen MR) is 90.7 cm³/mol. The Balaban J connectivity index is 1.48. The molecule has 1 aromatic rings. The average Bonchev–Trinajstić information content (AvgIpc) is 3.09. The van der Waals surface area contributed by atoms with Gasteiger partial charge in [0, 0.05) is 45.0 Å². The number of carbonyl (C=O) groups is 2. The van der Waals surface area contributed by atoms with Crippen LogP contribution in [0.2, 0.25) is 0 Å². The number of fused-ring (bicyclic) bond motifs is 1. The summed E-state index contributed by atoms with van der Waals surface area (Å²) < 4.78 is 5.35. The molecule has 7 nitrogen and oxygen atoms in total. The van der Waals surface area contributed by atoms with Gasteiger partial charge in [-0.05, 0) is 24.5 Å². The molecule has 7 heteroatoms. The van der Waals surface area contributed by atoms with Crippen LogP contribution < -0.4 is 0 Å². The lowest BCUT2D eigenvalue weighted by atomic mass is 9.95. The molecule has 134 valence electrons. The maximum atomic E-state index is 12.9. The molecule has 0 saturated carbocycles. The predicted octanol–water partition coefficient (Wildman–Crippen LogP) is 1.10. The van der Waals surface area contributed by atoms with Crippen LogP contribution in [0.3, 0.4) is 0 Å². The minimum atomic E-state index is 0.103. The number of aromatic nitrogens is 1. The van der Waals surface area contributed by atoms with Crippen LogP contribution in [0, 0.1) is 0 Å². The van der Waals surface area contributed by atoms with Crippen LogP contribution in [0.5, 0.6) is 0 Å². The van der Waals surface area contributed by atoms with Gasteiger partial charge in [0.15, 0.2) is 0 Å². The van der Waals surface area contributed by atoms with Crippen molar-refractivity contribution < 1.29 is 14.3 Å². The fourth-order valence-corrected chi connectivity index (χ4v) is 4.22. The Kier molecular flexibility index (Phi) is 4.57. The third kappa shape index (κ3) is 3.20. The lowest BCUT2D eigenvalue weighted by Crippen LogP contribution is -2.56. The number of urea groups is 1. The first-order chi connectivity index (χ1) is 12.2. The summed E-state index contributed by atoms with van der Waals surface area (Å²) in [5.41, 5.74) is 1.04. The Morgan fingerprint density at radius 2 is 2.04 bits per heavy atom. The molecule has 1 aromatic heterocycles. The van der Waals surface area contributed by atoms with E-state index in [9.17, 15) is 9.59 Å². The monoisotopic (exact) mass is 344 g/mol. The maximum Gasteiger partial charge on any atom is 0.320 e. The van der Waals surface area contributed by atoms with E-state index in [1.165, 1.54) is 0 Å². The molecular formula is C18H24N4O3. The molecule has 3 aliphatic heterocycles. The Hall–Kier alpha value is -2.15. The Labute approximate surface area is 147 Å². The quantitative estimate of drug-likeness (QED) is 0.806. The Morgan fingerprint density at radius 3 is 2.80 bits per heavy atom. The number of hydrogen-bond donors (Lipinski definition) is 0. The second kappa shape index (κ2) is 7.00. The zero-order valence-electron chi connectivity index (χ0n) is 14.3. The number of pyridine rings is 1. The van der Waals surface area contributed by atoms with Crippen molar-refractivity contribution in [1.82, 2.24) is 19.7 Å². The van der Waals surface area contributed by atoms with Crippen molar-refractivity contribution in [2.75, 3.05) is 32.8 Å². The van der Waals surface area contributed by atoms with Gasteiger partial charge < -0.3 is 19.4 Å². The zero-order valence-corrected chi connectivity index (χ0v) is 14.3. The number of ether oxygens (including phenoxy) is 1. The van der Waals surface area contributed by atoms with Gasteiger partial charge in [0.05, 0.1) is 25.3 Å². The molecule has 0 bridgehead atoms. The normalized spacial score (nSPS) is 26.7.